The number of carbonyl (C=O) groups excluding carboxylic acids is 1. The summed E-state index contributed by atoms with van der Waals surface area (Å²) in [5.74, 6) is -1.09. The molecule has 0 unspecified atom stereocenters. The number of carbonyl (C=O) groups is 1. The third kappa shape index (κ3) is 3.55. The Bertz CT molecular complexity index is 1100. The SMILES string of the molecule is Cc1c(COc2ncccc2F)cncc1-c1cc2c(cc1F)N(C)C(=O)CC2. The number of hydrogen-bond acceptors (Lipinski definition) is 4. The molecule has 0 saturated heterocycles. The van der Waals surface area contributed by atoms with E-state index < -0.39 is 11.6 Å². The molecule has 148 valence electrons. The van der Waals surface area contributed by atoms with Gasteiger partial charge in [-0.2, -0.15) is 0 Å². The molecule has 0 N–H and O–H groups in total. The van der Waals surface area contributed by atoms with Crippen molar-refractivity contribution in [3.8, 4) is 17.0 Å². The zero-order valence-electron chi connectivity index (χ0n) is 16.1. The van der Waals surface area contributed by atoms with E-state index in [0.717, 1.165) is 11.1 Å². The van der Waals surface area contributed by atoms with Crippen LogP contribution in [0.2, 0.25) is 0 Å². The molecule has 3 heterocycles. The topological polar surface area (TPSA) is 55.3 Å². The lowest BCUT2D eigenvalue weighted by Gasteiger charge is -2.26. The van der Waals surface area contributed by atoms with Crippen molar-refractivity contribution in [3.05, 3.63) is 71.2 Å². The van der Waals surface area contributed by atoms with Gasteiger partial charge in [0.2, 0.25) is 5.91 Å². The number of aryl methyl sites for hydroxylation is 1. The summed E-state index contributed by atoms with van der Waals surface area (Å²) < 4.78 is 34.1. The average Bonchev–Trinajstić information content (AvgIpc) is 2.71. The van der Waals surface area contributed by atoms with Crippen molar-refractivity contribution in [2.45, 2.75) is 26.4 Å². The predicted molar refractivity (Wildman–Crippen MR) is 105 cm³/mol. The molecule has 1 aromatic carbocycles. The molecule has 0 bridgehead atoms. The van der Waals surface area contributed by atoms with Gasteiger partial charge >= 0.3 is 0 Å². The Kier molecular flexibility index (Phi) is 4.96. The van der Waals surface area contributed by atoms with Crippen LogP contribution in [0, 0.1) is 18.6 Å². The van der Waals surface area contributed by atoms with Crippen LogP contribution in [0.15, 0.2) is 42.9 Å². The molecule has 29 heavy (non-hydrogen) atoms. The summed E-state index contributed by atoms with van der Waals surface area (Å²) in [4.78, 5) is 21.5. The monoisotopic (exact) mass is 395 g/mol. The van der Waals surface area contributed by atoms with Gasteiger partial charge in [0.25, 0.3) is 5.88 Å². The zero-order chi connectivity index (χ0) is 20.5. The Morgan fingerprint density at radius 2 is 1.97 bits per heavy atom. The molecule has 1 aliphatic rings. The molecule has 7 heteroatoms. The smallest absolute Gasteiger partial charge is 0.250 e. The second-order valence-corrected chi connectivity index (χ2v) is 6.96. The third-order valence-electron chi connectivity index (χ3n) is 5.21. The van der Waals surface area contributed by atoms with Gasteiger partial charge in [0, 0.05) is 54.4 Å². The molecule has 0 spiro atoms. The van der Waals surface area contributed by atoms with Crippen molar-refractivity contribution in [1.82, 2.24) is 9.97 Å². The van der Waals surface area contributed by atoms with E-state index in [-0.39, 0.29) is 18.4 Å². The van der Waals surface area contributed by atoms with Gasteiger partial charge in [-0.25, -0.2) is 13.8 Å². The van der Waals surface area contributed by atoms with Gasteiger partial charge in [-0.3, -0.25) is 9.78 Å². The third-order valence-corrected chi connectivity index (χ3v) is 5.21. The number of benzene rings is 1. The lowest BCUT2D eigenvalue weighted by atomic mass is 9.93. The fourth-order valence-corrected chi connectivity index (χ4v) is 3.48. The minimum absolute atomic E-state index is 0.0246. The average molecular weight is 395 g/mol. The molecule has 1 aliphatic heterocycles. The van der Waals surface area contributed by atoms with E-state index >= 15 is 0 Å². The quantitative estimate of drug-likeness (QED) is 0.664. The van der Waals surface area contributed by atoms with E-state index in [0.29, 0.717) is 35.2 Å². The van der Waals surface area contributed by atoms with Crippen molar-refractivity contribution in [3.63, 3.8) is 0 Å². The first-order valence-electron chi connectivity index (χ1n) is 9.22. The van der Waals surface area contributed by atoms with Crippen LogP contribution in [0.4, 0.5) is 14.5 Å². The van der Waals surface area contributed by atoms with Gasteiger partial charge in [0.15, 0.2) is 5.82 Å². The van der Waals surface area contributed by atoms with Crippen molar-refractivity contribution >= 4 is 11.6 Å². The normalized spacial score (nSPS) is 13.4. The molecular weight excluding hydrogens is 376 g/mol. The van der Waals surface area contributed by atoms with E-state index in [2.05, 4.69) is 9.97 Å². The van der Waals surface area contributed by atoms with Crippen LogP contribution >= 0.6 is 0 Å². The number of amides is 1. The van der Waals surface area contributed by atoms with E-state index in [1.54, 1.807) is 25.5 Å². The van der Waals surface area contributed by atoms with Gasteiger partial charge in [0.1, 0.15) is 12.4 Å². The fraction of sp³-hybridized carbons (Fsp3) is 0.227. The maximum Gasteiger partial charge on any atom is 0.250 e. The number of nitrogens with zero attached hydrogens (tertiary/aromatic N) is 3. The van der Waals surface area contributed by atoms with Gasteiger partial charge in [0.05, 0.1) is 0 Å². The Balaban J connectivity index is 1.67. The lowest BCUT2D eigenvalue weighted by Crippen LogP contribution is -2.31. The number of halogens is 2. The minimum atomic E-state index is -0.548. The summed E-state index contributed by atoms with van der Waals surface area (Å²) in [5, 5.41) is 0. The number of hydrogen-bond donors (Lipinski definition) is 0. The number of fused-ring (bicyclic) bond motifs is 1. The number of anilines is 1. The molecule has 3 aromatic rings. The second kappa shape index (κ2) is 7.58. The Morgan fingerprint density at radius 3 is 2.76 bits per heavy atom. The summed E-state index contributed by atoms with van der Waals surface area (Å²) in [6.45, 7) is 1.91. The van der Waals surface area contributed by atoms with E-state index in [9.17, 15) is 13.6 Å². The highest BCUT2D eigenvalue weighted by molar-refractivity contribution is 5.96. The first-order chi connectivity index (χ1) is 14.0. The molecule has 4 rings (SSSR count). The molecule has 0 saturated carbocycles. The van der Waals surface area contributed by atoms with Gasteiger partial charge in [-0.15, -0.1) is 0 Å². The summed E-state index contributed by atoms with van der Waals surface area (Å²) in [5.41, 5.74) is 4.06. The standard InChI is InChI=1S/C22H19F2N3O2/c1-13-15(12-29-22-18(23)4-3-7-26-22)10-25-11-17(13)16-8-14-5-6-21(28)27(2)20(14)9-19(16)24/h3-4,7-11H,5-6,12H2,1-2H3. The highest BCUT2D eigenvalue weighted by Crippen LogP contribution is 2.35. The van der Waals surface area contributed by atoms with Crippen molar-refractivity contribution in [1.29, 1.82) is 0 Å². The molecule has 5 nitrogen and oxygen atoms in total. The number of rotatable bonds is 4. The maximum absolute atomic E-state index is 14.9. The Labute approximate surface area is 167 Å². The number of aromatic nitrogens is 2. The molecule has 0 atom stereocenters. The van der Waals surface area contributed by atoms with E-state index in [1.807, 2.05) is 6.92 Å². The van der Waals surface area contributed by atoms with Crippen molar-refractivity contribution in [2.24, 2.45) is 0 Å². The van der Waals surface area contributed by atoms with Crippen LogP contribution in [-0.2, 0) is 17.8 Å². The molecule has 2 aromatic heterocycles. The first kappa shape index (κ1) is 19.0. The highest BCUT2D eigenvalue weighted by atomic mass is 19.1. The van der Waals surface area contributed by atoms with Crippen LogP contribution in [0.25, 0.3) is 11.1 Å². The van der Waals surface area contributed by atoms with Crippen molar-refractivity contribution < 1.29 is 18.3 Å². The van der Waals surface area contributed by atoms with E-state index in [4.69, 9.17) is 4.74 Å². The second-order valence-electron chi connectivity index (χ2n) is 6.96. The van der Waals surface area contributed by atoms with Crippen LogP contribution in [0.3, 0.4) is 0 Å². The highest BCUT2D eigenvalue weighted by Gasteiger charge is 2.24. The van der Waals surface area contributed by atoms with Crippen LogP contribution in [0.1, 0.15) is 23.1 Å². The van der Waals surface area contributed by atoms with Crippen LogP contribution in [-0.4, -0.2) is 22.9 Å². The molecular formula is C22H19F2N3O2. The molecule has 1 amide bonds. The van der Waals surface area contributed by atoms with Gasteiger partial charge < -0.3 is 9.64 Å². The van der Waals surface area contributed by atoms with Crippen molar-refractivity contribution in [2.75, 3.05) is 11.9 Å². The largest absolute Gasteiger partial charge is 0.471 e. The number of ether oxygens (including phenoxy) is 1. The van der Waals surface area contributed by atoms with E-state index in [1.165, 1.54) is 29.3 Å². The summed E-state index contributed by atoms with van der Waals surface area (Å²) in [6.07, 6.45) is 5.63. The molecule has 0 radical (unpaired) electrons. The van der Waals surface area contributed by atoms with Crippen LogP contribution < -0.4 is 9.64 Å². The summed E-state index contributed by atoms with van der Waals surface area (Å²) in [7, 11) is 1.65. The fourth-order valence-electron chi connectivity index (χ4n) is 3.48. The Hall–Kier alpha value is -3.35. The lowest BCUT2D eigenvalue weighted by molar-refractivity contribution is -0.118. The zero-order valence-corrected chi connectivity index (χ0v) is 16.1. The summed E-state index contributed by atoms with van der Waals surface area (Å²) in [6, 6.07) is 5.93. The van der Waals surface area contributed by atoms with Gasteiger partial charge in [-0.1, -0.05) is 0 Å². The summed E-state index contributed by atoms with van der Waals surface area (Å²) >= 11 is 0. The number of pyridine rings is 2. The molecule has 0 fully saturated rings. The Morgan fingerprint density at radius 1 is 1.14 bits per heavy atom. The van der Waals surface area contributed by atoms with Gasteiger partial charge in [-0.05, 0) is 48.7 Å². The first-order valence-corrected chi connectivity index (χ1v) is 9.22. The van der Waals surface area contributed by atoms with Crippen LogP contribution in [0.5, 0.6) is 5.88 Å². The molecule has 0 aliphatic carbocycles. The predicted octanol–water partition coefficient (Wildman–Crippen LogP) is 4.22. The minimum Gasteiger partial charge on any atom is -0.471 e. The maximum atomic E-state index is 14.9.